The van der Waals surface area contributed by atoms with Crippen LogP contribution in [0.25, 0.3) is 6.08 Å². The van der Waals surface area contributed by atoms with Crippen LogP contribution in [-0.2, 0) is 9.59 Å². The van der Waals surface area contributed by atoms with Gasteiger partial charge in [0.2, 0.25) is 5.91 Å². The van der Waals surface area contributed by atoms with Crippen LogP contribution >= 0.6 is 34.7 Å². The molecule has 1 atom stereocenters. The number of anilines is 2. The van der Waals surface area contributed by atoms with Gasteiger partial charge in [-0.1, -0.05) is 78.3 Å². The standard InChI is InChI=1S/C35H28ClN3O3S2/c1-23-29(36)18-9-19-30(23)38-35(42)32(24-11-4-2-5-12-24)44-28-16-8-15-26(21-28)37-34(41)31(22-27-17-10-20-43-27)39-33(40)25-13-6-3-7-14-25/h2-22,32H,1H3,(H,37,41)(H,38,42)(H,39,40)/b31-22-. The topological polar surface area (TPSA) is 87.3 Å². The molecule has 1 aromatic heterocycles. The number of carbonyl (C=O) groups is 3. The third-order valence-electron chi connectivity index (χ3n) is 6.57. The van der Waals surface area contributed by atoms with Gasteiger partial charge in [0.15, 0.2) is 0 Å². The predicted molar refractivity (Wildman–Crippen MR) is 181 cm³/mol. The first-order valence-corrected chi connectivity index (χ1v) is 15.8. The van der Waals surface area contributed by atoms with Gasteiger partial charge in [0.05, 0.1) is 0 Å². The summed E-state index contributed by atoms with van der Waals surface area (Å²) in [5, 5.41) is 10.6. The largest absolute Gasteiger partial charge is 0.325 e. The quantitative estimate of drug-likeness (QED) is 0.106. The molecule has 3 N–H and O–H groups in total. The van der Waals surface area contributed by atoms with E-state index in [2.05, 4.69) is 16.0 Å². The summed E-state index contributed by atoms with van der Waals surface area (Å²) in [5.41, 5.74) is 3.33. The molecule has 5 rings (SSSR count). The fraction of sp³-hybridized carbons (Fsp3) is 0.0571. The van der Waals surface area contributed by atoms with Crippen LogP contribution in [0.2, 0.25) is 5.02 Å². The molecule has 5 aromatic rings. The molecular formula is C35H28ClN3O3S2. The first-order valence-electron chi connectivity index (χ1n) is 13.7. The number of nitrogens with one attached hydrogen (secondary N) is 3. The molecule has 0 radical (unpaired) electrons. The molecule has 0 spiro atoms. The summed E-state index contributed by atoms with van der Waals surface area (Å²) in [6.07, 6.45) is 1.65. The fourth-order valence-electron chi connectivity index (χ4n) is 4.28. The second kappa shape index (κ2) is 14.7. The van der Waals surface area contributed by atoms with Crippen molar-refractivity contribution in [1.29, 1.82) is 0 Å². The Morgan fingerprint density at radius 3 is 2.27 bits per heavy atom. The number of thioether (sulfide) groups is 1. The van der Waals surface area contributed by atoms with Crippen LogP contribution in [0.5, 0.6) is 0 Å². The van der Waals surface area contributed by atoms with Crippen molar-refractivity contribution in [2.24, 2.45) is 0 Å². The van der Waals surface area contributed by atoms with Crippen molar-refractivity contribution >= 4 is 69.9 Å². The summed E-state index contributed by atoms with van der Waals surface area (Å²) in [4.78, 5) is 41.6. The van der Waals surface area contributed by atoms with Gasteiger partial charge in [-0.3, -0.25) is 14.4 Å². The summed E-state index contributed by atoms with van der Waals surface area (Å²) in [5.74, 6) is -1.07. The Bertz CT molecular complexity index is 1790. The highest BCUT2D eigenvalue weighted by Crippen LogP contribution is 2.38. The summed E-state index contributed by atoms with van der Waals surface area (Å²) in [6, 6.07) is 34.6. The molecule has 0 aliphatic carbocycles. The lowest BCUT2D eigenvalue weighted by Crippen LogP contribution is -2.30. The molecule has 0 fully saturated rings. The predicted octanol–water partition coefficient (Wildman–Crippen LogP) is 8.59. The van der Waals surface area contributed by atoms with E-state index in [9.17, 15) is 14.4 Å². The number of halogens is 1. The van der Waals surface area contributed by atoms with E-state index in [1.165, 1.54) is 23.1 Å². The number of thiophene rings is 1. The zero-order valence-corrected chi connectivity index (χ0v) is 26.0. The lowest BCUT2D eigenvalue weighted by Gasteiger charge is -2.19. The molecule has 1 unspecified atom stereocenters. The highest BCUT2D eigenvalue weighted by Gasteiger charge is 2.23. The average molecular weight is 638 g/mol. The average Bonchev–Trinajstić information content (AvgIpc) is 3.56. The van der Waals surface area contributed by atoms with Crippen molar-refractivity contribution in [3.63, 3.8) is 0 Å². The number of amides is 3. The highest BCUT2D eigenvalue weighted by atomic mass is 35.5. The van der Waals surface area contributed by atoms with Crippen LogP contribution < -0.4 is 16.0 Å². The highest BCUT2D eigenvalue weighted by molar-refractivity contribution is 8.00. The van der Waals surface area contributed by atoms with E-state index >= 15 is 0 Å². The van der Waals surface area contributed by atoms with E-state index in [-0.39, 0.29) is 17.5 Å². The van der Waals surface area contributed by atoms with Crippen LogP contribution in [0.15, 0.2) is 131 Å². The number of rotatable bonds is 10. The monoisotopic (exact) mass is 637 g/mol. The molecule has 1 heterocycles. The number of benzene rings is 4. The normalized spacial score (nSPS) is 11.8. The van der Waals surface area contributed by atoms with E-state index in [1.54, 1.807) is 54.6 Å². The van der Waals surface area contributed by atoms with Crippen molar-refractivity contribution in [2.45, 2.75) is 17.1 Å². The Morgan fingerprint density at radius 2 is 1.55 bits per heavy atom. The van der Waals surface area contributed by atoms with Crippen LogP contribution in [0.3, 0.4) is 0 Å². The molecule has 4 aromatic carbocycles. The summed E-state index contributed by atoms with van der Waals surface area (Å²) in [7, 11) is 0. The second-order valence-corrected chi connectivity index (χ2v) is 12.3. The maximum Gasteiger partial charge on any atom is 0.272 e. The van der Waals surface area contributed by atoms with Crippen LogP contribution in [0.1, 0.15) is 31.6 Å². The van der Waals surface area contributed by atoms with Crippen molar-refractivity contribution in [1.82, 2.24) is 5.32 Å². The first kappa shape index (κ1) is 30.8. The zero-order chi connectivity index (χ0) is 30.9. The summed E-state index contributed by atoms with van der Waals surface area (Å²) < 4.78 is 0. The second-order valence-electron chi connectivity index (χ2n) is 9.69. The number of hydrogen-bond donors (Lipinski definition) is 3. The van der Waals surface area contributed by atoms with E-state index in [0.29, 0.717) is 22.0 Å². The summed E-state index contributed by atoms with van der Waals surface area (Å²) in [6.45, 7) is 1.86. The lowest BCUT2D eigenvalue weighted by molar-refractivity contribution is -0.116. The van der Waals surface area contributed by atoms with Crippen molar-refractivity contribution < 1.29 is 14.4 Å². The summed E-state index contributed by atoms with van der Waals surface area (Å²) >= 11 is 9.10. The number of carbonyl (C=O) groups excluding carboxylic acids is 3. The minimum absolute atomic E-state index is 0.109. The molecule has 0 bridgehead atoms. The van der Waals surface area contributed by atoms with Crippen molar-refractivity contribution in [3.05, 3.63) is 153 Å². The smallest absolute Gasteiger partial charge is 0.272 e. The van der Waals surface area contributed by atoms with Crippen LogP contribution in [0.4, 0.5) is 11.4 Å². The molecule has 0 aliphatic rings. The van der Waals surface area contributed by atoms with Gasteiger partial charge in [-0.2, -0.15) is 0 Å². The van der Waals surface area contributed by atoms with Crippen LogP contribution in [-0.4, -0.2) is 17.7 Å². The SMILES string of the molecule is Cc1c(Cl)cccc1NC(=O)C(Sc1cccc(NC(=O)/C(=C/c2cccs2)NC(=O)c2ccccc2)c1)c1ccccc1. The third kappa shape index (κ3) is 8.05. The molecule has 0 saturated carbocycles. The van der Waals surface area contributed by atoms with Gasteiger partial charge < -0.3 is 16.0 Å². The molecule has 44 heavy (non-hydrogen) atoms. The van der Waals surface area contributed by atoms with Crippen molar-refractivity contribution in [3.8, 4) is 0 Å². The molecule has 220 valence electrons. The first-order chi connectivity index (χ1) is 21.4. The molecule has 0 aliphatic heterocycles. The lowest BCUT2D eigenvalue weighted by atomic mass is 10.1. The maximum absolute atomic E-state index is 13.6. The minimum Gasteiger partial charge on any atom is -0.325 e. The Morgan fingerprint density at radius 1 is 0.818 bits per heavy atom. The minimum atomic E-state index is -0.583. The van der Waals surface area contributed by atoms with Gasteiger partial charge in [0.1, 0.15) is 10.9 Å². The fourth-order valence-corrected chi connectivity index (χ4v) is 6.20. The van der Waals surface area contributed by atoms with Crippen LogP contribution in [0, 0.1) is 6.92 Å². The number of hydrogen-bond acceptors (Lipinski definition) is 5. The van der Waals surface area contributed by atoms with E-state index in [1.807, 2.05) is 79.0 Å². The van der Waals surface area contributed by atoms with E-state index in [0.717, 1.165) is 20.9 Å². The molecule has 9 heteroatoms. The molecular weight excluding hydrogens is 610 g/mol. The van der Waals surface area contributed by atoms with Gasteiger partial charge >= 0.3 is 0 Å². The third-order valence-corrected chi connectivity index (χ3v) is 9.05. The van der Waals surface area contributed by atoms with Crippen molar-refractivity contribution in [2.75, 3.05) is 10.6 Å². The Balaban J connectivity index is 1.36. The molecule has 3 amide bonds. The van der Waals surface area contributed by atoms with Gasteiger partial charge in [-0.25, -0.2) is 0 Å². The Kier molecular flexibility index (Phi) is 10.3. The van der Waals surface area contributed by atoms with Gasteiger partial charge in [0.25, 0.3) is 11.8 Å². The van der Waals surface area contributed by atoms with E-state index in [4.69, 9.17) is 11.6 Å². The molecule has 6 nitrogen and oxygen atoms in total. The van der Waals surface area contributed by atoms with Gasteiger partial charge in [0, 0.05) is 31.7 Å². The van der Waals surface area contributed by atoms with Gasteiger partial charge in [-0.15, -0.1) is 23.1 Å². The Labute approximate surface area is 269 Å². The zero-order valence-electron chi connectivity index (χ0n) is 23.6. The van der Waals surface area contributed by atoms with E-state index < -0.39 is 11.2 Å². The Hall–Kier alpha value is -4.63. The van der Waals surface area contributed by atoms with Gasteiger partial charge in [-0.05, 0) is 78.0 Å². The molecule has 0 saturated heterocycles. The maximum atomic E-state index is 13.6.